The van der Waals surface area contributed by atoms with E-state index >= 15 is 0 Å². The first-order valence-electron chi connectivity index (χ1n) is 8.78. The molecule has 8 heteroatoms. The lowest BCUT2D eigenvalue weighted by Gasteiger charge is -2.14. The van der Waals surface area contributed by atoms with Crippen molar-refractivity contribution in [3.05, 3.63) is 39.8 Å². The predicted molar refractivity (Wildman–Crippen MR) is 104 cm³/mol. The van der Waals surface area contributed by atoms with Gasteiger partial charge in [-0.3, -0.25) is 9.36 Å². The molecule has 0 aliphatic rings. The molecule has 0 saturated heterocycles. The molecule has 2 N–H and O–H groups in total. The van der Waals surface area contributed by atoms with Gasteiger partial charge in [0.05, 0.1) is 5.75 Å². The molecule has 2 rings (SSSR count). The number of para-hydroxylation sites is 1. The number of hydrogen-bond acceptors (Lipinski definition) is 5. The Morgan fingerprint density at radius 1 is 1.31 bits per heavy atom. The number of aromatic nitrogens is 3. The van der Waals surface area contributed by atoms with Crippen LogP contribution in [0.3, 0.4) is 0 Å². The lowest BCUT2D eigenvalue weighted by Crippen LogP contribution is -2.20. The molecule has 1 aromatic heterocycles. The second-order valence-corrected chi connectivity index (χ2v) is 6.75. The molecule has 0 fully saturated rings. The molecule has 142 valence electrons. The number of ether oxygens (including phenoxy) is 1. The zero-order chi connectivity index (χ0) is 18.9. The Labute approximate surface area is 157 Å². The molecule has 2 aromatic rings. The third-order valence-corrected chi connectivity index (χ3v) is 5.03. The second-order valence-electron chi connectivity index (χ2n) is 5.80. The molecule has 1 heterocycles. The summed E-state index contributed by atoms with van der Waals surface area (Å²) in [6.45, 7) is 5.21. The number of H-pyrrole nitrogens is 1. The minimum atomic E-state index is -0.270. The highest BCUT2D eigenvalue weighted by atomic mass is 32.2. The molecule has 0 aliphatic carbocycles. The number of nitrogens with one attached hydrogen (secondary N) is 2. The number of aryl methyl sites for hydroxylation is 2. The van der Waals surface area contributed by atoms with Crippen molar-refractivity contribution in [2.75, 3.05) is 24.8 Å². The molecule has 7 nitrogen and oxygen atoms in total. The molecule has 0 aliphatic heterocycles. The van der Waals surface area contributed by atoms with Crippen LogP contribution in [0.25, 0.3) is 0 Å². The summed E-state index contributed by atoms with van der Waals surface area (Å²) < 4.78 is 6.55. The summed E-state index contributed by atoms with van der Waals surface area (Å²) in [5, 5.41) is 9.99. The minimum absolute atomic E-state index is 0.107. The van der Waals surface area contributed by atoms with Gasteiger partial charge in [0.1, 0.15) is 0 Å². The van der Waals surface area contributed by atoms with Crippen molar-refractivity contribution >= 4 is 23.4 Å². The zero-order valence-electron chi connectivity index (χ0n) is 15.5. The lowest BCUT2D eigenvalue weighted by atomic mass is 10.0. The molecular weight excluding hydrogens is 352 g/mol. The molecule has 0 spiro atoms. The molecule has 1 amide bonds. The number of anilines is 1. The van der Waals surface area contributed by atoms with Crippen LogP contribution < -0.4 is 11.0 Å². The van der Waals surface area contributed by atoms with Gasteiger partial charge in [-0.1, -0.05) is 43.8 Å². The van der Waals surface area contributed by atoms with E-state index in [0.29, 0.717) is 24.7 Å². The maximum absolute atomic E-state index is 12.4. The summed E-state index contributed by atoms with van der Waals surface area (Å²) in [5.41, 5.74) is 2.88. The molecule has 0 unspecified atom stereocenters. The van der Waals surface area contributed by atoms with E-state index in [1.165, 1.54) is 16.3 Å². The number of hydrogen-bond donors (Lipinski definition) is 2. The van der Waals surface area contributed by atoms with E-state index < -0.39 is 0 Å². The highest BCUT2D eigenvalue weighted by Gasteiger charge is 2.13. The maximum atomic E-state index is 12.4. The summed E-state index contributed by atoms with van der Waals surface area (Å²) in [4.78, 5) is 24.3. The van der Waals surface area contributed by atoms with Crippen molar-refractivity contribution in [2.24, 2.45) is 0 Å². The molecule has 26 heavy (non-hydrogen) atoms. The number of rotatable bonds is 10. The van der Waals surface area contributed by atoms with Crippen LogP contribution >= 0.6 is 11.8 Å². The van der Waals surface area contributed by atoms with Crippen LogP contribution in [-0.2, 0) is 28.9 Å². The number of methoxy groups -OCH3 is 1. The largest absolute Gasteiger partial charge is 0.385 e. The van der Waals surface area contributed by atoms with Gasteiger partial charge >= 0.3 is 5.69 Å². The first-order valence-corrected chi connectivity index (χ1v) is 9.76. The topological polar surface area (TPSA) is 89.0 Å². The third kappa shape index (κ3) is 5.22. The van der Waals surface area contributed by atoms with Gasteiger partial charge in [0.15, 0.2) is 5.16 Å². The van der Waals surface area contributed by atoms with Crippen LogP contribution in [0.2, 0.25) is 0 Å². The van der Waals surface area contributed by atoms with E-state index in [2.05, 4.69) is 29.4 Å². The molecule has 0 atom stereocenters. The quantitative estimate of drug-likeness (QED) is 0.490. The zero-order valence-corrected chi connectivity index (χ0v) is 16.3. The van der Waals surface area contributed by atoms with Crippen LogP contribution in [0.5, 0.6) is 0 Å². The van der Waals surface area contributed by atoms with E-state index in [9.17, 15) is 9.59 Å². The van der Waals surface area contributed by atoms with Crippen LogP contribution in [0.4, 0.5) is 5.69 Å². The van der Waals surface area contributed by atoms with Crippen molar-refractivity contribution in [3.63, 3.8) is 0 Å². The van der Waals surface area contributed by atoms with Gasteiger partial charge in [0.2, 0.25) is 5.91 Å². The van der Waals surface area contributed by atoms with Crippen LogP contribution in [0, 0.1) is 0 Å². The highest BCUT2D eigenvalue weighted by Crippen LogP contribution is 2.23. The fraction of sp³-hybridized carbons (Fsp3) is 0.500. The molecule has 0 bridgehead atoms. The molecular formula is C18H26N4O3S. The maximum Gasteiger partial charge on any atom is 0.343 e. The molecule has 0 saturated carbocycles. The lowest BCUT2D eigenvalue weighted by molar-refractivity contribution is -0.113. The Morgan fingerprint density at radius 2 is 2.00 bits per heavy atom. The minimum Gasteiger partial charge on any atom is -0.385 e. The first-order chi connectivity index (χ1) is 12.6. The smallest absolute Gasteiger partial charge is 0.343 e. The van der Waals surface area contributed by atoms with Crippen LogP contribution in [0.1, 0.15) is 31.4 Å². The number of nitrogens with zero attached hydrogens (tertiary/aromatic N) is 2. The van der Waals surface area contributed by atoms with Gasteiger partial charge in [0.25, 0.3) is 0 Å². The summed E-state index contributed by atoms with van der Waals surface area (Å²) >= 11 is 1.25. The van der Waals surface area contributed by atoms with Gasteiger partial charge < -0.3 is 10.1 Å². The number of thioether (sulfide) groups is 1. The number of carbonyl (C=O) groups is 1. The Kier molecular flexibility index (Phi) is 7.93. The summed E-state index contributed by atoms with van der Waals surface area (Å²) in [6.07, 6.45) is 2.42. The number of benzene rings is 1. The number of aromatic amines is 1. The standard InChI is InChI=1S/C18H26N4O3S/c1-4-13-8-6-9-14(5-2)16(13)19-15(23)12-26-18-21-20-17(24)22(18)10-7-11-25-3/h6,8-9H,4-5,7,10-12H2,1-3H3,(H,19,23)(H,20,24). The predicted octanol–water partition coefficient (Wildman–Crippen LogP) is 2.46. The average Bonchev–Trinajstić information content (AvgIpc) is 3.00. The van der Waals surface area contributed by atoms with Crippen molar-refractivity contribution in [3.8, 4) is 0 Å². The normalized spacial score (nSPS) is 10.9. The number of carbonyl (C=O) groups excluding carboxylic acids is 1. The van der Waals surface area contributed by atoms with Crippen molar-refractivity contribution < 1.29 is 9.53 Å². The van der Waals surface area contributed by atoms with E-state index in [0.717, 1.165) is 29.7 Å². The molecule has 0 radical (unpaired) electrons. The van der Waals surface area contributed by atoms with Crippen molar-refractivity contribution in [1.29, 1.82) is 0 Å². The summed E-state index contributed by atoms with van der Waals surface area (Å²) in [5.74, 6) is 0.0833. The van der Waals surface area contributed by atoms with Gasteiger partial charge in [-0.2, -0.15) is 0 Å². The third-order valence-electron chi connectivity index (χ3n) is 4.05. The van der Waals surface area contributed by atoms with Gasteiger partial charge in [-0.25, -0.2) is 9.89 Å². The SMILES string of the molecule is CCc1cccc(CC)c1NC(=O)CSc1n[nH]c(=O)n1CCCOC. The summed E-state index contributed by atoms with van der Waals surface area (Å²) in [7, 11) is 1.62. The van der Waals surface area contributed by atoms with Crippen LogP contribution in [0.15, 0.2) is 28.2 Å². The Balaban J connectivity index is 2.01. The highest BCUT2D eigenvalue weighted by molar-refractivity contribution is 7.99. The van der Waals surface area contributed by atoms with E-state index in [1.807, 2.05) is 18.2 Å². The average molecular weight is 378 g/mol. The Hall–Kier alpha value is -2.06. The van der Waals surface area contributed by atoms with Crippen LogP contribution in [-0.4, -0.2) is 40.1 Å². The van der Waals surface area contributed by atoms with Crippen molar-refractivity contribution in [1.82, 2.24) is 14.8 Å². The monoisotopic (exact) mass is 378 g/mol. The van der Waals surface area contributed by atoms with Gasteiger partial charge in [-0.05, 0) is 30.4 Å². The van der Waals surface area contributed by atoms with E-state index in [4.69, 9.17) is 4.74 Å². The summed E-state index contributed by atoms with van der Waals surface area (Å²) in [6, 6.07) is 6.08. The van der Waals surface area contributed by atoms with Gasteiger partial charge in [-0.15, -0.1) is 5.10 Å². The van der Waals surface area contributed by atoms with Gasteiger partial charge in [0, 0.05) is 25.9 Å². The fourth-order valence-electron chi connectivity index (χ4n) is 2.69. The second kappa shape index (κ2) is 10.2. The van der Waals surface area contributed by atoms with E-state index in [1.54, 1.807) is 7.11 Å². The Bertz CT molecular complexity index is 763. The number of amides is 1. The molecule has 1 aromatic carbocycles. The van der Waals surface area contributed by atoms with E-state index in [-0.39, 0.29) is 17.3 Å². The van der Waals surface area contributed by atoms with Crippen molar-refractivity contribution in [2.45, 2.75) is 44.8 Å². The fourth-order valence-corrected chi connectivity index (χ4v) is 3.46. The Morgan fingerprint density at radius 3 is 2.62 bits per heavy atom. The first kappa shape index (κ1) is 20.3.